The summed E-state index contributed by atoms with van der Waals surface area (Å²) >= 11 is 0. The first-order chi connectivity index (χ1) is 8.34. The minimum absolute atomic E-state index is 0.292. The number of carbonyl (C=O) groups excluding carboxylic acids is 1. The molecule has 0 aromatic carbocycles. The van der Waals surface area contributed by atoms with Crippen molar-refractivity contribution in [3.63, 3.8) is 0 Å². The van der Waals surface area contributed by atoms with E-state index in [1.54, 1.807) is 0 Å². The first kappa shape index (κ1) is 14.3. The van der Waals surface area contributed by atoms with E-state index in [0.29, 0.717) is 5.91 Å². The van der Waals surface area contributed by atoms with Crippen LogP contribution in [0.1, 0.15) is 71.1 Å². The Morgan fingerprint density at radius 2 is 1.82 bits per heavy atom. The van der Waals surface area contributed by atoms with E-state index in [-0.39, 0.29) is 0 Å². The van der Waals surface area contributed by atoms with Crippen molar-refractivity contribution in [3.8, 4) is 0 Å². The van der Waals surface area contributed by atoms with Crippen LogP contribution in [0.25, 0.3) is 0 Å². The highest BCUT2D eigenvalue weighted by Gasteiger charge is 2.16. The van der Waals surface area contributed by atoms with Gasteiger partial charge in [-0.25, -0.2) is 0 Å². The van der Waals surface area contributed by atoms with Gasteiger partial charge in [0.2, 0.25) is 5.91 Å². The molecule has 1 rings (SSSR count). The fraction of sp³-hybridized carbons (Fsp3) is 0.800. The highest BCUT2D eigenvalue weighted by Crippen LogP contribution is 2.11. The van der Waals surface area contributed by atoms with Crippen LogP contribution in [-0.2, 0) is 4.79 Å². The average molecular weight is 237 g/mol. The normalized spacial score (nSPS) is 16.3. The van der Waals surface area contributed by atoms with Crippen LogP contribution in [0.15, 0.2) is 12.3 Å². The molecule has 1 aliphatic rings. The van der Waals surface area contributed by atoms with Crippen LogP contribution in [0.3, 0.4) is 0 Å². The molecule has 0 saturated carbocycles. The predicted molar refractivity (Wildman–Crippen MR) is 72.7 cm³/mol. The number of hydrogen-bond acceptors (Lipinski definition) is 1. The molecule has 0 unspecified atom stereocenters. The first-order valence-corrected chi connectivity index (χ1v) is 7.30. The van der Waals surface area contributed by atoms with E-state index < -0.39 is 0 Å². The summed E-state index contributed by atoms with van der Waals surface area (Å²) in [6, 6.07) is 0. The maximum atomic E-state index is 11.3. The third-order valence-corrected chi connectivity index (χ3v) is 3.37. The summed E-state index contributed by atoms with van der Waals surface area (Å²) in [5, 5.41) is 0. The quantitative estimate of drug-likeness (QED) is 0.549. The van der Waals surface area contributed by atoms with E-state index in [4.69, 9.17) is 0 Å². The first-order valence-electron chi connectivity index (χ1n) is 7.30. The van der Waals surface area contributed by atoms with Gasteiger partial charge in [-0.2, -0.15) is 0 Å². The van der Waals surface area contributed by atoms with Gasteiger partial charge in [0, 0.05) is 19.2 Å². The van der Waals surface area contributed by atoms with Gasteiger partial charge in [-0.1, -0.05) is 51.5 Å². The van der Waals surface area contributed by atoms with E-state index in [2.05, 4.69) is 13.0 Å². The van der Waals surface area contributed by atoms with Gasteiger partial charge in [0.05, 0.1) is 0 Å². The molecule has 2 heteroatoms. The molecule has 0 spiro atoms. The van der Waals surface area contributed by atoms with Crippen LogP contribution in [0.4, 0.5) is 0 Å². The number of unbranched alkanes of at least 4 members (excludes halogenated alkanes) is 7. The molecule has 0 aromatic heterocycles. The molecule has 1 saturated heterocycles. The number of carbonyl (C=O) groups is 1. The van der Waals surface area contributed by atoms with Gasteiger partial charge in [-0.05, 0) is 19.3 Å². The third-order valence-electron chi connectivity index (χ3n) is 3.37. The molecule has 0 aliphatic carbocycles. The molecule has 1 aliphatic heterocycles. The van der Waals surface area contributed by atoms with E-state index in [1.807, 2.05) is 11.1 Å². The molecule has 1 heterocycles. The minimum Gasteiger partial charge on any atom is -0.319 e. The lowest BCUT2D eigenvalue weighted by atomic mass is 10.1. The van der Waals surface area contributed by atoms with Crippen molar-refractivity contribution in [2.24, 2.45) is 0 Å². The molecule has 0 atom stereocenters. The van der Waals surface area contributed by atoms with Crippen LogP contribution in [-0.4, -0.2) is 17.4 Å². The number of allylic oxidation sites excluding steroid dienone is 1. The molecule has 98 valence electrons. The molecular weight excluding hydrogens is 210 g/mol. The van der Waals surface area contributed by atoms with Crippen LogP contribution < -0.4 is 0 Å². The lowest BCUT2D eigenvalue weighted by Gasteiger charge is -2.07. The van der Waals surface area contributed by atoms with E-state index >= 15 is 0 Å². The Labute approximate surface area is 106 Å². The predicted octanol–water partition coefficient (Wildman–Crippen LogP) is 4.26. The van der Waals surface area contributed by atoms with Gasteiger partial charge in [-0.15, -0.1) is 0 Å². The molecule has 1 amide bonds. The number of amides is 1. The summed E-state index contributed by atoms with van der Waals surface area (Å²) in [6.07, 6.45) is 16.5. The Bertz CT molecular complexity index is 235. The van der Waals surface area contributed by atoms with Gasteiger partial charge in [0.1, 0.15) is 0 Å². The molecule has 0 aromatic rings. The SMILES string of the molecule is CCCCCCCCCC=CN1CCCC1=O. The van der Waals surface area contributed by atoms with Crippen LogP contribution in [0.2, 0.25) is 0 Å². The Hall–Kier alpha value is -0.790. The van der Waals surface area contributed by atoms with Gasteiger partial charge < -0.3 is 4.90 Å². The summed E-state index contributed by atoms with van der Waals surface area (Å²) in [5.41, 5.74) is 0. The lowest BCUT2D eigenvalue weighted by molar-refractivity contribution is -0.125. The second-order valence-electron chi connectivity index (χ2n) is 4.99. The molecular formula is C15H27NO. The van der Waals surface area contributed by atoms with Gasteiger partial charge in [-0.3, -0.25) is 4.79 Å². The van der Waals surface area contributed by atoms with Crippen molar-refractivity contribution in [2.45, 2.75) is 71.1 Å². The second kappa shape index (κ2) is 9.26. The van der Waals surface area contributed by atoms with Gasteiger partial charge in [0.25, 0.3) is 0 Å². The fourth-order valence-electron chi connectivity index (χ4n) is 2.25. The van der Waals surface area contributed by atoms with Gasteiger partial charge in [0.15, 0.2) is 0 Å². The molecule has 0 radical (unpaired) electrons. The van der Waals surface area contributed by atoms with E-state index in [0.717, 1.165) is 25.8 Å². The minimum atomic E-state index is 0.292. The Balaban J connectivity index is 1.90. The molecule has 0 bridgehead atoms. The Morgan fingerprint density at radius 1 is 1.12 bits per heavy atom. The number of rotatable bonds is 9. The van der Waals surface area contributed by atoms with Crippen molar-refractivity contribution < 1.29 is 4.79 Å². The smallest absolute Gasteiger partial charge is 0.226 e. The van der Waals surface area contributed by atoms with Crippen molar-refractivity contribution in [1.82, 2.24) is 4.90 Å². The number of hydrogen-bond donors (Lipinski definition) is 0. The van der Waals surface area contributed by atoms with Crippen LogP contribution >= 0.6 is 0 Å². The Morgan fingerprint density at radius 3 is 2.47 bits per heavy atom. The standard InChI is InChI=1S/C15H27NO/c1-2-3-4-5-6-7-8-9-10-13-16-14-11-12-15(16)17/h10,13H,2-9,11-12,14H2,1H3. The largest absolute Gasteiger partial charge is 0.319 e. The van der Waals surface area contributed by atoms with Crippen molar-refractivity contribution in [1.29, 1.82) is 0 Å². The molecule has 2 nitrogen and oxygen atoms in total. The maximum Gasteiger partial charge on any atom is 0.226 e. The molecule has 1 fully saturated rings. The summed E-state index contributed by atoms with van der Waals surface area (Å²) in [6.45, 7) is 3.18. The van der Waals surface area contributed by atoms with Crippen molar-refractivity contribution in [3.05, 3.63) is 12.3 Å². The fourth-order valence-corrected chi connectivity index (χ4v) is 2.25. The Kier molecular flexibility index (Phi) is 7.78. The zero-order valence-corrected chi connectivity index (χ0v) is 11.3. The summed E-state index contributed by atoms with van der Waals surface area (Å²) < 4.78 is 0. The number of nitrogens with zero attached hydrogens (tertiary/aromatic N) is 1. The van der Waals surface area contributed by atoms with Crippen molar-refractivity contribution in [2.75, 3.05) is 6.54 Å². The highest BCUT2D eigenvalue weighted by atomic mass is 16.2. The summed E-state index contributed by atoms with van der Waals surface area (Å²) in [5.74, 6) is 0.292. The average Bonchev–Trinajstić information content (AvgIpc) is 2.73. The molecule has 17 heavy (non-hydrogen) atoms. The second-order valence-corrected chi connectivity index (χ2v) is 4.99. The summed E-state index contributed by atoms with van der Waals surface area (Å²) in [7, 11) is 0. The van der Waals surface area contributed by atoms with E-state index in [9.17, 15) is 4.79 Å². The zero-order chi connectivity index (χ0) is 12.3. The molecule has 0 N–H and O–H groups in total. The van der Waals surface area contributed by atoms with Gasteiger partial charge >= 0.3 is 0 Å². The number of likely N-dealkylation sites (tertiary alicyclic amines) is 1. The zero-order valence-electron chi connectivity index (χ0n) is 11.3. The van der Waals surface area contributed by atoms with Crippen LogP contribution in [0.5, 0.6) is 0 Å². The maximum absolute atomic E-state index is 11.3. The summed E-state index contributed by atoms with van der Waals surface area (Å²) in [4.78, 5) is 13.2. The third kappa shape index (κ3) is 6.50. The highest BCUT2D eigenvalue weighted by molar-refractivity contribution is 5.79. The van der Waals surface area contributed by atoms with Crippen LogP contribution in [0, 0.1) is 0 Å². The monoisotopic (exact) mass is 237 g/mol. The lowest BCUT2D eigenvalue weighted by Crippen LogP contribution is -2.17. The van der Waals surface area contributed by atoms with Crippen molar-refractivity contribution >= 4 is 5.91 Å². The van der Waals surface area contributed by atoms with E-state index in [1.165, 1.54) is 44.9 Å². The topological polar surface area (TPSA) is 20.3 Å².